The first kappa shape index (κ1) is 19.5. The second kappa shape index (κ2) is 8.17. The lowest BCUT2D eigenvalue weighted by molar-refractivity contribution is -0.138. The molecule has 1 fully saturated rings. The highest BCUT2D eigenvalue weighted by molar-refractivity contribution is 6.04. The van der Waals surface area contributed by atoms with Crippen molar-refractivity contribution < 1.29 is 18.8 Å². The molecular formula is C22H21FN2O3. The number of hydrogen-bond donors (Lipinski definition) is 2. The van der Waals surface area contributed by atoms with Gasteiger partial charge in [-0.3, -0.25) is 19.7 Å². The van der Waals surface area contributed by atoms with Crippen LogP contribution in [0.5, 0.6) is 0 Å². The van der Waals surface area contributed by atoms with Gasteiger partial charge in [0.05, 0.1) is 5.41 Å². The van der Waals surface area contributed by atoms with Crippen LogP contribution in [0.15, 0.2) is 54.6 Å². The quantitative estimate of drug-likeness (QED) is 0.615. The molecule has 0 aromatic heterocycles. The molecule has 3 rings (SSSR count). The van der Waals surface area contributed by atoms with Gasteiger partial charge in [-0.05, 0) is 54.3 Å². The minimum atomic E-state index is -0.728. The summed E-state index contributed by atoms with van der Waals surface area (Å²) in [5.74, 6) is -1.23. The Balaban J connectivity index is 1.69. The van der Waals surface area contributed by atoms with Gasteiger partial charge in [-0.25, -0.2) is 4.39 Å². The average molecular weight is 380 g/mol. The van der Waals surface area contributed by atoms with Crippen LogP contribution in [0.3, 0.4) is 0 Å². The fourth-order valence-corrected chi connectivity index (χ4v) is 3.40. The molecule has 1 aliphatic heterocycles. The van der Waals surface area contributed by atoms with E-state index in [1.165, 1.54) is 24.3 Å². The van der Waals surface area contributed by atoms with E-state index in [1.807, 2.05) is 6.92 Å². The number of amides is 3. The maximum absolute atomic E-state index is 13.2. The topological polar surface area (TPSA) is 75.3 Å². The minimum Gasteiger partial charge on any atom is -0.323 e. The van der Waals surface area contributed by atoms with Crippen LogP contribution in [0.4, 0.5) is 10.1 Å². The van der Waals surface area contributed by atoms with Crippen LogP contribution in [0, 0.1) is 5.82 Å². The summed E-state index contributed by atoms with van der Waals surface area (Å²) in [7, 11) is 0. The van der Waals surface area contributed by atoms with Gasteiger partial charge in [0.25, 0.3) is 0 Å². The monoisotopic (exact) mass is 380 g/mol. The lowest BCUT2D eigenvalue weighted by atomic mass is 9.72. The van der Waals surface area contributed by atoms with Crippen molar-refractivity contribution >= 4 is 29.5 Å². The lowest BCUT2D eigenvalue weighted by Crippen LogP contribution is -2.51. The van der Waals surface area contributed by atoms with E-state index in [1.54, 1.807) is 36.4 Å². The number of anilines is 1. The smallest absolute Gasteiger partial charge is 0.248 e. The van der Waals surface area contributed by atoms with E-state index in [0.717, 1.165) is 5.56 Å². The maximum atomic E-state index is 13.2. The van der Waals surface area contributed by atoms with E-state index in [-0.39, 0.29) is 23.5 Å². The van der Waals surface area contributed by atoms with E-state index >= 15 is 0 Å². The van der Waals surface area contributed by atoms with E-state index < -0.39 is 5.41 Å². The van der Waals surface area contributed by atoms with Gasteiger partial charge in [-0.1, -0.05) is 31.2 Å². The standard InChI is InChI=1S/C22H21FN2O3/c1-2-22(13-12-20(27)25-21(22)28)16-7-9-18(10-8-16)24-19(26)11-6-15-4-3-5-17(23)14-15/h3-11,14H,2,12-13H2,1H3,(H,24,26)(H,25,27,28). The number of benzene rings is 2. The second-order valence-corrected chi connectivity index (χ2v) is 6.77. The highest BCUT2D eigenvalue weighted by Gasteiger charge is 2.42. The molecule has 1 heterocycles. The van der Waals surface area contributed by atoms with Crippen molar-refractivity contribution in [2.45, 2.75) is 31.6 Å². The molecule has 2 N–H and O–H groups in total. The Labute approximate surface area is 162 Å². The third kappa shape index (κ3) is 4.17. The molecule has 2 aromatic rings. The van der Waals surface area contributed by atoms with Crippen LogP contribution < -0.4 is 10.6 Å². The molecule has 3 amide bonds. The van der Waals surface area contributed by atoms with Gasteiger partial charge < -0.3 is 5.32 Å². The molecule has 0 radical (unpaired) electrons. The van der Waals surface area contributed by atoms with Gasteiger partial charge in [0.2, 0.25) is 17.7 Å². The zero-order valence-electron chi connectivity index (χ0n) is 15.5. The molecule has 1 unspecified atom stereocenters. The summed E-state index contributed by atoms with van der Waals surface area (Å²) in [6, 6.07) is 13.0. The normalized spacial score (nSPS) is 19.5. The molecule has 28 heavy (non-hydrogen) atoms. The summed E-state index contributed by atoms with van der Waals surface area (Å²) in [6.45, 7) is 1.92. The summed E-state index contributed by atoms with van der Waals surface area (Å²) in [6.07, 6.45) is 4.21. The predicted molar refractivity (Wildman–Crippen MR) is 105 cm³/mol. The van der Waals surface area contributed by atoms with Gasteiger partial charge >= 0.3 is 0 Å². The molecule has 1 saturated heterocycles. The Morgan fingerprint density at radius 3 is 2.61 bits per heavy atom. The van der Waals surface area contributed by atoms with Crippen molar-refractivity contribution in [1.29, 1.82) is 0 Å². The SMILES string of the molecule is CCC1(c2ccc(NC(=O)C=Cc3cccc(F)c3)cc2)CCC(=O)NC1=O. The van der Waals surface area contributed by atoms with E-state index in [2.05, 4.69) is 10.6 Å². The van der Waals surface area contributed by atoms with Crippen molar-refractivity contribution in [1.82, 2.24) is 5.32 Å². The fraction of sp³-hybridized carbons (Fsp3) is 0.227. The molecule has 2 aromatic carbocycles. The number of piperidine rings is 1. The van der Waals surface area contributed by atoms with Crippen LogP contribution in [0.25, 0.3) is 6.08 Å². The Morgan fingerprint density at radius 2 is 1.96 bits per heavy atom. The van der Waals surface area contributed by atoms with Crippen molar-refractivity contribution in [3.63, 3.8) is 0 Å². The number of carbonyl (C=O) groups is 3. The predicted octanol–water partition coefficient (Wildman–Crippen LogP) is 3.56. The lowest BCUT2D eigenvalue weighted by Gasteiger charge is -2.35. The first-order valence-electron chi connectivity index (χ1n) is 9.12. The van der Waals surface area contributed by atoms with Crippen LogP contribution in [-0.2, 0) is 19.8 Å². The molecule has 0 aliphatic carbocycles. The summed E-state index contributed by atoms with van der Waals surface area (Å²) in [5.41, 5.74) is 1.26. The fourth-order valence-electron chi connectivity index (χ4n) is 3.40. The number of imide groups is 1. The second-order valence-electron chi connectivity index (χ2n) is 6.77. The van der Waals surface area contributed by atoms with Gasteiger partial charge in [-0.2, -0.15) is 0 Å². The molecule has 6 heteroatoms. The molecule has 1 aliphatic rings. The summed E-state index contributed by atoms with van der Waals surface area (Å²) in [4.78, 5) is 36.0. The Morgan fingerprint density at radius 1 is 1.21 bits per heavy atom. The van der Waals surface area contributed by atoms with E-state index in [0.29, 0.717) is 30.5 Å². The van der Waals surface area contributed by atoms with Crippen molar-refractivity contribution in [3.8, 4) is 0 Å². The Kier molecular flexibility index (Phi) is 5.68. The summed E-state index contributed by atoms with van der Waals surface area (Å²) >= 11 is 0. The Bertz CT molecular complexity index is 937. The number of hydrogen-bond acceptors (Lipinski definition) is 3. The molecule has 0 saturated carbocycles. The van der Waals surface area contributed by atoms with Crippen LogP contribution >= 0.6 is 0 Å². The third-order valence-corrected chi connectivity index (χ3v) is 5.05. The average Bonchev–Trinajstić information content (AvgIpc) is 2.68. The number of rotatable bonds is 5. The molecule has 0 bridgehead atoms. The first-order valence-corrected chi connectivity index (χ1v) is 9.12. The summed E-state index contributed by atoms with van der Waals surface area (Å²) < 4.78 is 13.2. The summed E-state index contributed by atoms with van der Waals surface area (Å²) in [5, 5.41) is 5.15. The highest BCUT2D eigenvalue weighted by Crippen LogP contribution is 2.36. The molecule has 144 valence electrons. The number of carbonyl (C=O) groups excluding carboxylic acids is 3. The number of halogens is 1. The van der Waals surface area contributed by atoms with E-state index in [4.69, 9.17) is 0 Å². The van der Waals surface area contributed by atoms with E-state index in [9.17, 15) is 18.8 Å². The zero-order valence-corrected chi connectivity index (χ0v) is 15.5. The van der Waals surface area contributed by atoms with Gasteiger partial charge in [0.15, 0.2) is 0 Å². The van der Waals surface area contributed by atoms with Crippen molar-refractivity contribution in [2.75, 3.05) is 5.32 Å². The molecule has 0 spiro atoms. The van der Waals surface area contributed by atoms with Crippen LogP contribution in [0.2, 0.25) is 0 Å². The van der Waals surface area contributed by atoms with Crippen LogP contribution in [-0.4, -0.2) is 17.7 Å². The van der Waals surface area contributed by atoms with Gasteiger partial charge in [0, 0.05) is 18.2 Å². The molecular weight excluding hydrogens is 359 g/mol. The first-order chi connectivity index (χ1) is 13.4. The highest BCUT2D eigenvalue weighted by atomic mass is 19.1. The number of nitrogens with one attached hydrogen (secondary N) is 2. The molecule has 5 nitrogen and oxygen atoms in total. The zero-order chi connectivity index (χ0) is 20.1. The molecule has 1 atom stereocenters. The maximum Gasteiger partial charge on any atom is 0.248 e. The van der Waals surface area contributed by atoms with Crippen molar-refractivity contribution in [2.24, 2.45) is 0 Å². The minimum absolute atomic E-state index is 0.247. The largest absolute Gasteiger partial charge is 0.323 e. The third-order valence-electron chi connectivity index (χ3n) is 5.05. The van der Waals surface area contributed by atoms with Crippen molar-refractivity contribution in [3.05, 3.63) is 71.6 Å². The van der Waals surface area contributed by atoms with Gasteiger partial charge in [0.1, 0.15) is 5.82 Å². The van der Waals surface area contributed by atoms with Gasteiger partial charge in [-0.15, -0.1) is 0 Å². The van der Waals surface area contributed by atoms with Crippen LogP contribution in [0.1, 0.15) is 37.3 Å². The Hall–Kier alpha value is -3.28.